The predicted molar refractivity (Wildman–Crippen MR) is 104 cm³/mol. The highest BCUT2D eigenvalue weighted by molar-refractivity contribution is 5.93. The summed E-state index contributed by atoms with van der Waals surface area (Å²) in [6, 6.07) is 5.92. The van der Waals surface area contributed by atoms with E-state index in [1.807, 2.05) is 18.2 Å². The lowest BCUT2D eigenvalue weighted by Gasteiger charge is -2.14. The minimum absolute atomic E-state index is 0.687. The number of aliphatic imine (C=N–C) groups is 1. The maximum Gasteiger partial charge on any atom is 0.195 e. The summed E-state index contributed by atoms with van der Waals surface area (Å²) in [5.41, 5.74) is 0.946. The van der Waals surface area contributed by atoms with E-state index >= 15 is 0 Å². The fourth-order valence-electron chi connectivity index (χ4n) is 2.66. The summed E-state index contributed by atoms with van der Waals surface area (Å²) in [7, 11) is 0. The quantitative estimate of drug-likeness (QED) is 0.401. The molecule has 3 rings (SSSR count). The second-order valence-electron chi connectivity index (χ2n) is 6.87. The smallest absolute Gasteiger partial charge is 0.195 e. The van der Waals surface area contributed by atoms with Crippen LogP contribution in [0.25, 0.3) is 0 Å². The maximum atomic E-state index is 5.76. The molecule has 1 aromatic rings. The van der Waals surface area contributed by atoms with Gasteiger partial charge in [-0.05, 0) is 43.7 Å². The lowest BCUT2D eigenvalue weighted by Crippen LogP contribution is -2.32. The molecule has 144 valence electrons. The third-order valence-corrected chi connectivity index (χ3v) is 4.31. The normalized spacial score (nSPS) is 16.9. The Morgan fingerprint density at radius 2 is 2.08 bits per heavy atom. The third-order valence-electron chi connectivity index (χ3n) is 4.31. The molecule has 1 fully saturated rings. The average Bonchev–Trinajstić information content (AvgIpc) is 3.48. The number of nitrogens with one attached hydrogen (secondary N) is 2. The van der Waals surface area contributed by atoms with Gasteiger partial charge >= 0.3 is 0 Å². The van der Waals surface area contributed by atoms with E-state index in [-0.39, 0.29) is 0 Å². The number of rotatable bonds is 9. The van der Waals surface area contributed by atoms with Crippen molar-refractivity contribution in [3.8, 4) is 11.5 Å². The molecule has 1 aromatic carbocycles. The Labute approximate surface area is 156 Å². The highest BCUT2D eigenvalue weighted by Gasteiger charge is 2.20. The Kier molecular flexibility index (Phi) is 7.43. The van der Waals surface area contributed by atoms with Gasteiger partial charge in [-0.25, -0.2) is 0 Å². The SMILES string of the molecule is CCCN=C(NCCCOCC1CC1)Nc1ccc2c(c1)OCCCO2. The van der Waals surface area contributed by atoms with Crippen molar-refractivity contribution in [1.29, 1.82) is 0 Å². The van der Waals surface area contributed by atoms with Gasteiger partial charge in [0, 0.05) is 44.5 Å². The number of nitrogens with zero attached hydrogens (tertiary/aromatic N) is 1. The summed E-state index contributed by atoms with van der Waals surface area (Å²) < 4.78 is 17.1. The van der Waals surface area contributed by atoms with Gasteiger partial charge in [-0.1, -0.05) is 6.92 Å². The van der Waals surface area contributed by atoms with E-state index in [2.05, 4.69) is 22.5 Å². The van der Waals surface area contributed by atoms with Crippen molar-refractivity contribution in [3.63, 3.8) is 0 Å². The average molecular weight is 361 g/mol. The van der Waals surface area contributed by atoms with Crippen molar-refractivity contribution in [1.82, 2.24) is 5.32 Å². The molecule has 1 saturated carbocycles. The van der Waals surface area contributed by atoms with Crippen LogP contribution in [0.2, 0.25) is 0 Å². The summed E-state index contributed by atoms with van der Waals surface area (Å²) in [4.78, 5) is 4.61. The molecular weight excluding hydrogens is 330 g/mol. The van der Waals surface area contributed by atoms with Crippen LogP contribution in [0.5, 0.6) is 11.5 Å². The van der Waals surface area contributed by atoms with Gasteiger partial charge in [0.1, 0.15) is 0 Å². The molecule has 1 heterocycles. The second-order valence-corrected chi connectivity index (χ2v) is 6.87. The van der Waals surface area contributed by atoms with Gasteiger partial charge in [-0.3, -0.25) is 4.99 Å². The van der Waals surface area contributed by atoms with Crippen LogP contribution in [-0.2, 0) is 4.74 Å². The monoisotopic (exact) mass is 361 g/mol. The molecular formula is C20H31N3O3. The van der Waals surface area contributed by atoms with Crippen molar-refractivity contribution in [2.24, 2.45) is 10.9 Å². The number of guanidine groups is 1. The van der Waals surface area contributed by atoms with E-state index in [0.717, 1.165) is 74.6 Å². The molecule has 26 heavy (non-hydrogen) atoms. The number of hydrogen-bond donors (Lipinski definition) is 2. The summed E-state index contributed by atoms with van der Waals surface area (Å²) in [6.07, 6.45) is 5.57. The van der Waals surface area contributed by atoms with Crippen molar-refractivity contribution in [2.45, 2.75) is 39.0 Å². The van der Waals surface area contributed by atoms with E-state index in [0.29, 0.717) is 13.2 Å². The Hall–Kier alpha value is -1.95. The van der Waals surface area contributed by atoms with Crippen LogP contribution in [0.1, 0.15) is 39.0 Å². The molecule has 0 bridgehead atoms. The lowest BCUT2D eigenvalue weighted by molar-refractivity contribution is 0.123. The molecule has 6 nitrogen and oxygen atoms in total. The summed E-state index contributed by atoms with van der Waals surface area (Å²) in [5.74, 6) is 3.21. The molecule has 0 unspecified atom stereocenters. The topological polar surface area (TPSA) is 64.1 Å². The standard InChI is InChI=1S/C20H31N3O3/c1-2-9-21-20(22-10-3-11-24-15-16-5-6-16)23-17-7-8-18-19(14-17)26-13-4-12-25-18/h7-8,14,16H,2-6,9-13,15H2,1H3,(H2,21,22,23). The molecule has 1 aliphatic heterocycles. The first kappa shape index (κ1) is 18.8. The number of benzene rings is 1. The number of ether oxygens (including phenoxy) is 3. The van der Waals surface area contributed by atoms with Crippen LogP contribution in [-0.4, -0.2) is 45.5 Å². The molecule has 0 spiro atoms. The van der Waals surface area contributed by atoms with Gasteiger partial charge in [-0.15, -0.1) is 0 Å². The van der Waals surface area contributed by atoms with Gasteiger partial charge in [0.2, 0.25) is 0 Å². The first-order chi connectivity index (χ1) is 12.8. The zero-order valence-electron chi connectivity index (χ0n) is 15.8. The Morgan fingerprint density at radius 1 is 1.23 bits per heavy atom. The number of fused-ring (bicyclic) bond motifs is 1. The van der Waals surface area contributed by atoms with E-state index < -0.39 is 0 Å². The second kappa shape index (κ2) is 10.3. The van der Waals surface area contributed by atoms with Crippen molar-refractivity contribution in [3.05, 3.63) is 18.2 Å². The number of anilines is 1. The van der Waals surface area contributed by atoms with E-state index in [1.165, 1.54) is 12.8 Å². The minimum atomic E-state index is 0.687. The molecule has 2 aliphatic rings. The fraction of sp³-hybridized carbons (Fsp3) is 0.650. The molecule has 0 saturated heterocycles. The fourth-order valence-corrected chi connectivity index (χ4v) is 2.66. The van der Waals surface area contributed by atoms with Crippen LogP contribution >= 0.6 is 0 Å². The van der Waals surface area contributed by atoms with Gasteiger partial charge in [0.15, 0.2) is 17.5 Å². The van der Waals surface area contributed by atoms with Gasteiger partial charge in [0.25, 0.3) is 0 Å². The maximum absolute atomic E-state index is 5.76. The molecule has 0 aromatic heterocycles. The first-order valence-corrected chi connectivity index (χ1v) is 9.88. The van der Waals surface area contributed by atoms with Crippen LogP contribution in [0.4, 0.5) is 5.69 Å². The molecule has 0 radical (unpaired) electrons. The zero-order valence-corrected chi connectivity index (χ0v) is 15.8. The predicted octanol–water partition coefficient (Wildman–Crippen LogP) is 3.43. The summed E-state index contributed by atoms with van der Waals surface area (Å²) >= 11 is 0. The third kappa shape index (κ3) is 6.41. The van der Waals surface area contributed by atoms with Gasteiger partial charge in [-0.2, -0.15) is 0 Å². The molecule has 0 atom stereocenters. The molecule has 0 amide bonds. The Balaban J connectivity index is 1.48. The van der Waals surface area contributed by atoms with Crippen LogP contribution in [0.15, 0.2) is 23.2 Å². The van der Waals surface area contributed by atoms with E-state index in [1.54, 1.807) is 0 Å². The lowest BCUT2D eigenvalue weighted by atomic mass is 10.2. The highest BCUT2D eigenvalue weighted by atomic mass is 16.5. The van der Waals surface area contributed by atoms with Crippen molar-refractivity contribution in [2.75, 3.05) is 44.8 Å². The Bertz CT molecular complexity index is 588. The van der Waals surface area contributed by atoms with Gasteiger partial charge in [0.05, 0.1) is 13.2 Å². The number of hydrogen-bond acceptors (Lipinski definition) is 4. The summed E-state index contributed by atoms with van der Waals surface area (Å²) in [6.45, 7) is 6.86. The minimum Gasteiger partial charge on any atom is -0.490 e. The Morgan fingerprint density at radius 3 is 2.88 bits per heavy atom. The van der Waals surface area contributed by atoms with E-state index in [9.17, 15) is 0 Å². The molecule has 6 heteroatoms. The first-order valence-electron chi connectivity index (χ1n) is 9.88. The zero-order chi connectivity index (χ0) is 18.0. The van der Waals surface area contributed by atoms with Crippen LogP contribution in [0, 0.1) is 5.92 Å². The highest BCUT2D eigenvalue weighted by Crippen LogP contribution is 2.32. The van der Waals surface area contributed by atoms with Crippen LogP contribution in [0.3, 0.4) is 0 Å². The largest absolute Gasteiger partial charge is 0.490 e. The van der Waals surface area contributed by atoms with Gasteiger partial charge < -0.3 is 24.8 Å². The molecule has 2 N–H and O–H groups in total. The van der Waals surface area contributed by atoms with Crippen molar-refractivity contribution < 1.29 is 14.2 Å². The van der Waals surface area contributed by atoms with Crippen molar-refractivity contribution >= 4 is 11.6 Å². The van der Waals surface area contributed by atoms with Crippen LogP contribution < -0.4 is 20.1 Å². The summed E-state index contributed by atoms with van der Waals surface area (Å²) in [5, 5.41) is 6.75. The molecule has 1 aliphatic carbocycles. The van der Waals surface area contributed by atoms with E-state index in [4.69, 9.17) is 14.2 Å².